The Balaban J connectivity index is 1.49. The van der Waals surface area contributed by atoms with Crippen molar-refractivity contribution in [2.45, 2.75) is 19.9 Å². The minimum atomic E-state index is -0.499. The molecule has 0 fully saturated rings. The fraction of sp³-hybridized carbons (Fsp3) is 0.174. The van der Waals surface area contributed by atoms with E-state index in [-0.39, 0.29) is 17.5 Å². The molecular formula is C23H20FN3O2S. The highest BCUT2D eigenvalue weighted by Gasteiger charge is 2.21. The lowest BCUT2D eigenvalue weighted by atomic mass is 10.00. The summed E-state index contributed by atoms with van der Waals surface area (Å²) in [6, 6.07) is 14.2. The van der Waals surface area contributed by atoms with E-state index in [0.29, 0.717) is 23.9 Å². The van der Waals surface area contributed by atoms with Gasteiger partial charge in [-0.2, -0.15) is 0 Å². The zero-order valence-electron chi connectivity index (χ0n) is 16.4. The number of nitrogens with zero attached hydrogens (tertiary/aromatic N) is 3. The molecule has 152 valence electrons. The number of para-hydroxylation sites is 1. The van der Waals surface area contributed by atoms with Crippen molar-refractivity contribution in [3.05, 3.63) is 82.6 Å². The number of hydrogen-bond donors (Lipinski definition) is 0. The number of benzene rings is 2. The average molecular weight is 421 g/mol. The van der Waals surface area contributed by atoms with Crippen molar-refractivity contribution in [1.29, 1.82) is 0 Å². The average Bonchev–Trinajstić information content (AvgIpc) is 3.21. The van der Waals surface area contributed by atoms with Gasteiger partial charge in [0.25, 0.3) is 0 Å². The Labute approximate surface area is 178 Å². The number of halogens is 1. The Hall–Kier alpha value is -3.32. The number of aromatic nitrogens is 1. The molecule has 5 nitrogen and oxygen atoms in total. The Kier molecular flexibility index (Phi) is 5.72. The summed E-state index contributed by atoms with van der Waals surface area (Å²) in [5.74, 6) is -0.926. The molecule has 0 spiro atoms. The minimum Gasteiger partial charge on any atom is -0.334 e. The van der Waals surface area contributed by atoms with Gasteiger partial charge in [0.05, 0.1) is 11.4 Å². The largest absolute Gasteiger partial charge is 0.334 e. The molecule has 0 unspecified atom stereocenters. The van der Waals surface area contributed by atoms with Crippen molar-refractivity contribution in [1.82, 2.24) is 9.88 Å². The second-order valence-electron chi connectivity index (χ2n) is 6.97. The summed E-state index contributed by atoms with van der Waals surface area (Å²) in [7, 11) is 0. The third-order valence-corrected chi connectivity index (χ3v) is 5.79. The van der Waals surface area contributed by atoms with Gasteiger partial charge in [0, 0.05) is 31.5 Å². The van der Waals surface area contributed by atoms with Crippen molar-refractivity contribution in [3.8, 4) is 0 Å². The van der Waals surface area contributed by atoms with Crippen LogP contribution in [0.25, 0.3) is 6.08 Å². The number of rotatable bonds is 4. The third kappa shape index (κ3) is 4.16. The predicted molar refractivity (Wildman–Crippen MR) is 116 cm³/mol. The smallest absolute Gasteiger partial charge is 0.246 e. The molecule has 0 N–H and O–H groups in total. The van der Waals surface area contributed by atoms with E-state index >= 15 is 0 Å². The minimum absolute atomic E-state index is 0.0865. The van der Waals surface area contributed by atoms with Crippen LogP contribution >= 0.6 is 11.3 Å². The number of carbonyl (C=O) groups is 2. The summed E-state index contributed by atoms with van der Waals surface area (Å²) in [5.41, 5.74) is 3.15. The number of thiazole rings is 1. The van der Waals surface area contributed by atoms with Crippen LogP contribution in [0.4, 0.5) is 15.2 Å². The zero-order valence-corrected chi connectivity index (χ0v) is 17.2. The molecule has 4 rings (SSSR count). The molecule has 2 heterocycles. The molecule has 0 saturated carbocycles. The van der Waals surface area contributed by atoms with Crippen LogP contribution < -0.4 is 4.90 Å². The van der Waals surface area contributed by atoms with Gasteiger partial charge >= 0.3 is 0 Å². The number of amides is 2. The first-order valence-corrected chi connectivity index (χ1v) is 10.5. The summed E-state index contributed by atoms with van der Waals surface area (Å²) in [4.78, 5) is 32.2. The van der Waals surface area contributed by atoms with Gasteiger partial charge in [-0.25, -0.2) is 9.37 Å². The van der Waals surface area contributed by atoms with Gasteiger partial charge in [0.15, 0.2) is 5.13 Å². The highest BCUT2D eigenvalue weighted by atomic mass is 32.1. The number of hydrogen-bond acceptors (Lipinski definition) is 4. The Morgan fingerprint density at radius 1 is 1.13 bits per heavy atom. The summed E-state index contributed by atoms with van der Waals surface area (Å²) < 4.78 is 14.2. The van der Waals surface area contributed by atoms with Crippen LogP contribution in [0.5, 0.6) is 0 Å². The Bertz CT molecular complexity index is 1120. The molecule has 30 heavy (non-hydrogen) atoms. The summed E-state index contributed by atoms with van der Waals surface area (Å²) in [5, 5.41) is 2.09. The molecule has 1 aliphatic rings. The van der Waals surface area contributed by atoms with Crippen LogP contribution in [0.3, 0.4) is 0 Å². The monoisotopic (exact) mass is 421 g/mol. The topological polar surface area (TPSA) is 53.5 Å². The highest BCUT2D eigenvalue weighted by Crippen LogP contribution is 2.31. The van der Waals surface area contributed by atoms with E-state index in [2.05, 4.69) is 11.1 Å². The number of anilines is 2. The predicted octanol–water partition coefficient (Wildman–Crippen LogP) is 4.56. The van der Waals surface area contributed by atoms with Crippen molar-refractivity contribution in [2.75, 3.05) is 11.4 Å². The fourth-order valence-electron chi connectivity index (χ4n) is 3.44. The molecule has 0 radical (unpaired) electrons. The highest BCUT2D eigenvalue weighted by molar-refractivity contribution is 7.14. The first-order chi connectivity index (χ1) is 14.5. The molecule has 1 aliphatic heterocycles. The Morgan fingerprint density at radius 2 is 1.87 bits per heavy atom. The van der Waals surface area contributed by atoms with Crippen molar-refractivity contribution in [2.24, 2.45) is 0 Å². The van der Waals surface area contributed by atoms with Crippen molar-refractivity contribution >= 4 is 40.0 Å². The van der Waals surface area contributed by atoms with Gasteiger partial charge in [0.1, 0.15) is 5.82 Å². The van der Waals surface area contributed by atoms with E-state index in [1.807, 2.05) is 18.2 Å². The normalized spacial score (nSPS) is 13.3. The van der Waals surface area contributed by atoms with Crippen molar-refractivity contribution in [3.63, 3.8) is 0 Å². The lowest BCUT2D eigenvalue weighted by Gasteiger charge is -2.27. The van der Waals surface area contributed by atoms with Crippen LogP contribution in [-0.2, 0) is 22.6 Å². The second kappa shape index (κ2) is 8.59. The van der Waals surface area contributed by atoms with Crippen LogP contribution in [0.1, 0.15) is 23.7 Å². The molecule has 2 aromatic carbocycles. The van der Waals surface area contributed by atoms with Gasteiger partial charge in [0.2, 0.25) is 11.8 Å². The standard InChI is InChI=1S/C23H20FN3O2S/c1-16(28)27(21-9-5-4-8-20(21)24)23-25-19(15-30-23)10-11-22(29)26-13-12-17-6-2-3-7-18(17)14-26/h2-11,15H,12-14H2,1H3/b11-10+. The van der Waals surface area contributed by atoms with Gasteiger partial charge in [-0.3, -0.25) is 14.5 Å². The molecule has 1 aromatic heterocycles. The maximum absolute atomic E-state index is 14.2. The summed E-state index contributed by atoms with van der Waals surface area (Å²) in [6.45, 7) is 2.63. The van der Waals surface area contributed by atoms with Gasteiger partial charge in [-0.05, 0) is 35.8 Å². The zero-order chi connectivity index (χ0) is 21.1. The SMILES string of the molecule is CC(=O)N(c1nc(/C=C/C(=O)N2CCc3ccccc3C2)cs1)c1ccccc1F. The lowest BCUT2D eigenvalue weighted by Crippen LogP contribution is -2.34. The fourth-order valence-corrected chi connectivity index (χ4v) is 4.29. The van der Waals surface area contributed by atoms with Gasteiger partial charge in [-0.1, -0.05) is 36.4 Å². The number of fused-ring (bicyclic) bond motifs is 1. The van der Waals surface area contributed by atoms with Gasteiger partial charge < -0.3 is 4.90 Å². The first-order valence-electron chi connectivity index (χ1n) is 9.57. The van der Waals surface area contributed by atoms with E-state index in [4.69, 9.17) is 0 Å². The first kappa shape index (κ1) is 20.0. The molecular weight excluding hydrogens is 401 g/mol. The third-order valence-electron chi connectivity index (χ3n) is 4.95. The Morgan fingerprint density at radius 3 is 2.63 bits per heavy atom. The molecule has 0 bridgehead atoms. The van der Waals surface area contributed by atoms with Crippen molar-refractivity contribution < 1.29 is 14.0 Å². The molecule has 0 atom stereocenters. The lowest BCUT2D eigenvalue weighted by molar-refractivity contribution is -0.126. The maximum Gasteiger partial charge on any atom is 0.246 e. The summed E-state index contributed by atoms with van der Waals surface area (Å²) in [6.07, 6.45) is 3.96. The maximum atomic E-state index is 14.2. The van der Waals surface area contributed by atoms with E-state index < -0.39 is 5.82 Å². The number of carbonyl (C=O) groups excluding carboxylic acids is 2. The van der Waals surface area contributed by atoms with Gasteiger partial charge in [-0.15, -0.1) is 11.3 Å². The van der Waals surface area contributed by atoms with E-state index in [1.54, 1.807) is 28.5 Å². The van der Waals surface area contributed by atoms with Crippen LogP contribution in [-0.4, -0.2) is 28.2 Å². The molecule has 3 aromatic rings. The van der Waals surface area contributed by atoms with Crippen LogP contribution in [0, 0.1) is 5.82 Å². The quantitative estimate of drug-likeness (QED) is 0.580. The van der Waals surface area contributed by atoms with E-state index in [1.165, 1.54) is 52.5 Å². The van der Waals surface area contributed by atoms with Crippen LogP contribution in [0.2, 0.25) is 0 Å². The molecule has 7 heteroatoms. The van der Waals surface area contributed by atoms with E-state index in [9.17, 15) is 14.0 Å². The van der Waals surface area contributed by atoms with Crippen LogP contribution in [0.15, 0.2) is 60.0 Å². The molecule has 0 saturated heterocycles. The molecule has 2 amide bonds. The molecule has 0 aliphatic carbocycles. The summed E-state index contributed by atoms with van der Waals surface area (Å²) >= 11 is 1.22. The van der Waals surface area contributed by atoms with E-state index in [0.717, 1.165) is 6.42 Å². The second-order valence-corrected chi connectivity index (χ2v) is 7.81.